The van der Waals surface area contributed by atoms with Gasteiger partial charge in [0, 0.05) is 0 Å². The molecule has 0 aromatic heterocycles. The van der Waals surface area contributed by atoms with Crippen LogP contribution in [0.4, 0.5) is 0 Å². The van der Waals surface area contributed by atoms with Gasteiger partial charge >= 0.3 is 17.9 Å². The lowest BCUT2D eigenvalue weighted by Crippen LogP contribution is -2.47. The van der Waals surface area contributed by atoms with Crippen LogP contribution < -0.4 is 0 Å². The molecule has 0 N–H and O–H groups in total. The first kappa shape index (κ1) is 23.4. The van der Waals surface area contributed by atoms with E-state index in [0.717, 1.165) is 25.7 Å². The van der Waals surface area contributed by atoms with Crippen LogP contribution in [-0.4, -0.2) is 61.8 Å². The summed E-state index contributed by atoms with van der Waals surface area (Å²) >= 11 is 0. The quantitative estimate of drug-likeness (QED) is 0.267. The third kappa shape index (κ3) is 10.8. The lowest BCUT2D eigenvalue weighted by atomic mass is 10.1. The summed E-state index contributed by atoms with van der Waals surface area (Å²) in [6, 6.07) is -0.843. The molecule has 0 aliphatic carbocycles. The van der Waals surface area contributed by atoms with Gasteiger partial charge in [-0.3, -0.25) is 19.3 Å². The average Bonchev–Trinajstić information content (AvgIpc) is 2.56. The number of hydrogen-bond acceptors (Lipinski definition) is 7. The van der Waals surface area contributed by atoms with Crippen LogP contribution in [0.2, 0.25) is 0 Å². The minimum atomic E-state index is -0.843. The Balaban J connectivity index is 5.12. The maximum Gasteiger partial charge on any atom is 0.323 e. The van der Waals surface area contributed by atoms with E-state index in [2.05, 4.69) is 6.92 Å². The first-order valence-corrected chi connectivity index (χ1v) is 9.21. The highest BCUT2D eigenvalue weighted by atomic mass is 16.5. The van der Waals surface area contributed by atoms with Crippen LogP contribution >= 0.6 is 0 Å². The lowest BCUT2D eigenvalue weighted by Gasteiger charge is -2.28. The molecule has 146 valence electrons. The summed E-state index contributed by atoms with van der Waals surface area (Å²) in [4.78, 5) is 37.8. The van der Waals surface area contributed by atoms with Crippen molar-refractivity contribution in [3.63, 3.8) is 0 Å². The van der Waals surface area contributed by atoms with Gasteiger partial charge in [-0.2, -0.15) is 0 Å². The Morgan fingerprint density at radius 1 is 0.800 bits per heavy atom. The van der Waals surface area contributed by atoms with Gasteiger partial charge in [-0.1, -0.05) is 26.2 Å². The first-order chi connectivity index (χ1) is 12.0. The van der Waals surface area contributed by atoms with Gasteiger partial charge in [-0.25, -0.2) is 0 Å². The van der Waals surface area contributed by atoms with Crippen molar-refractivity contribution in [2.75, 3.05) is 32.9 Å². The Hall–Kier alpha value is -1.63. The van der Waals surface area contributed by atoms with E-state index in [9.17, 15) is 14.4 Å². The highest BCUT2D eigenvalue weighted by Gasteiger charge is 2.31. The van der Waals surface area contributed by atoms with Crippen molar-refractivity contribution >= 4 is 17.9 Å². The molecule has 7 heteroatoms. The van der Waals surface area contributed by atoms with Crippen LogP contribution in [0.5, 0.6) is 0 Å². The van der Waals surface area contributed by atoms with Gasteiger partial charge < -0.3 is 14.2 Å². The maximum atomic E-state index is 12.3. The van der Waals surface area contributed by atoms with E-state index in [-0.39, 0.29) is 32.8 Å². The zero-order valence-electron chi connectivity index (χ0n) is 16.0. The predicted octanol–water partition coefficient (Wildman–Crippen LogP) is 2.32. The van der Waals surface area contributed by atoms with E-state index in [1.165, 1.54) is 0 Å². The molecule has 0 fully saturated rings. The minimum absolute atomic E-state index is 0.0527. The summed E-state index contributed by atoms with van der Waals surface area (Å²) in [5.41, 5.74) is 0. The molecule has 0 aliphatic heterocycles. The van der Waals surface area contributed by atoms with E-state index < -0.39 is 23.9 Å². The number of carbonyl (C=O) groups excluding carboxylic acids is 3. The van der Waals surface area contributed by atoms with Gasteiger partial charge in [-0.15, -0.1) is 0 Å². The Bertz CT molecular complexity index is 399. The molecule has 0 aliphatic rings. The van der Waals surface area contributed by atoms with Crippen molar-refractivity contribution in [3.05, 3.63) is 0 Å². The second kappa shape index (κ2) is 14.7. The van der Waals surface area contributed by atoms with Crippen molar-refractivity contribution in [1.29, 1.82) is 0 Å². The average molecular weight is 359 g/mol. The largest absolute Gasteiger partial charge is 0.466 e. The zero-order valence-corrected chi connectivity index (χ0v) is 16.0. The summed E-state index contributed by atoms with van der Waals surface area (Å²) in [5, 5.41) is 0. The summed E-state index contributed by atoms with van der Waals surface area (Å²) in [6.07, 6.45) is 3.84. The van der Waals surface area contributed by atoms with Crippen LogP contribution in [0, 0.1) is 0 Å². The van der Waals surface area contributed by atoms with Crippen molar-refractivity contribution in [2.24, 2.45) is 0 Å². The lowest BCUT2D eigenvalue weighted by molar-refractivity contribution is -0.158. The normalized spacial score (nSPS) is 11.9. The summed E-state index contributed by atoms with van der Waals surface area (Å²) in [6.45, 7) is 8.43. The fraction of sp³-hybridized carbons (Fsp3) is 0.833. The number of rotatable bonds is 14. The zero-order chi connectivity index (χ0) is 19.1. The Kier molecular flexibility index (Phi) is 13.7. The van der Waals surface area contributed by atoms with E-state index in [0.29, 0.717) is 6.54 Å². The first-order valence-electron chi connectivity index (χ1n) is 9.21. The molecule has 0 bridgehead atoms. The van der Waals surface area contributed by atoms with E-state index in [1.54, 1.807) is 25.7 Å². The van der Waals surface area contributed by atoms with Crippen LogP contribution in [0.1, 0.15) is 59.8 Å². The molecule has 0 heterocycles. The molecular formula is C18H33NO6. The molecule has 1 atom stereocenters. The van der Waals surface area contributed by atoms with Gasteiger partial charge in [0.2, 0.25) is 0 Å². The topological polar surface area (TPSA) is 82.1 Å². The molecule has 1 unspecified atom stereocenters. The monoisotopic (exact) mass is 359 g/mol. The molecule has 0 saturated heterocycles. The molecule has 0 aromatic carbocycles. The van der Waals surface area contributed by atoms with Crippen LogP contribution in [0.3, 0.4) is 0 Å². The van der Waals surface area contributed by atoms with Gasteiger partial charge in [0.1, 0.15) is 6.04 Å². The third-order valence-electron chi connectivity index (χ3n) is 3.60. The van der Waals surface area contributed by atoms with Crippen molar-refractivity contribution < 1.29 is 28.6 Å². The fourth-order valence-electron chi connectivity index (χ4n) is 2.44. The number of unbranched alkanes of at least 4 members (excludes halogenated alkanes) is 3. The molecular weight excluding hydrogens is 326 g/mol. The number of nitrogens with zero attached hydrogens (tertiary/aromatic N) is 1. The number of carbonyl (C=O) groups is 3. The highest BCUT2D eigenvalue weighted by molar-refractivity contribution is 5.83. The summed E-state index contributed by atoms with van der Waals surface area (Å²) < 4.78 is 15.0. The van der Waals surface area contributed by atoms with Gasteiger partial charge in [-0.05, 0) is 33.7 Å². The number of hydrogen-bond donors (Lipinski definition) is 0. The molecule has 25 heavy (non-hydrogen) atoms. The second-order valence-corrected chi connectivity index (χ2v) is 5.61. The maximum absolute atomic E-state index is 12.3. The Labute approximate surface area is 151 Å². The molecule has 0 radical (unpaired) electrons. The predicted molar refractivity (Wildman–Crippen MR) is 94.0 cm³/mol. The van der Waals surface area contributed by atoms with Crippen molar-refractivity contribution in [2.45, 2.75) is 65.8 Å². The smallest absolute Gasteiger partial charge is 0.323 e. The Morgan fingerprint density at radius 3 is 1.96 bits per heavy atom. The molecule has 0 aromatic rings. The molecule has 0 amide bonds. The van der Waals surface area contributed by atoms with Gasteiger partial charge in [0.15, 0.2) is 0 Å². The molecule has 0 rings (SSSR count). The SMILES string of the molecule is CCCCCCN(CC(=O)OCC)C(CC(=O)OCC)C(=O)OCC. The highest BCUT2D eigenvalue weighted by Crippen LogP contribution is 2.12. The molecule has 0 saturated carbocycles. The molecule has 7 nitrogen and oxygen atoms in total. The third-order valence-corrected chi connectivity index (χ3v) is 3.60. The van der Waals surface area contributed by atoms with Crippen LogP contribution in [0.25, 0.3) is 0 Å². The van der Waals surface area contributed by atoms with Crippen LogP contribution in [0.15, 0.2) is 0 Å². The number of ether oxygens (including phenoxy) is 3. The number of esters is 3. The van der Waals surface area contributed by atoms with Gasteiger partial charge in [0.05, 0.1) is 32.8 Å². The van der Waals surface area contributed by atoms with Crippen molar-refractivity contribution in [3.8, 4) is 0 Å². The Morgan fingerprint density at radius 2 is 1.40 bits per heavy atom. The molecule has 0 spiro atoms. The summed E-state index contributed by atoms with van der Waals surface area (Å²) in [7, 11) is 0. The van der Waals surface area contributed by atoms with Gasteiger partial charge in [0.25, 0.3) is 0 Å². The minimum Gasteiger partial charge on any atom is -0.466 e. The van der Waals surface area contributed by atoms with E-state index >= 15 is 0 Å². The van der Waals surface area contributed by atoms with E-state index in [1.807, 2.05) is 0 Å². The standard InChI is InChI=1S/C18H33NO6/c1-5-9-10-11-12-19(14-17(21)24-7-3)15(18(22)25-8-4)13-16(20)23-6-2/h15H,5-14H2,1-4H3. The summed E-state index contributed by atoms with van der Waals surface area (Å²) in [5.74, 6) is -1.42. The second-order valence-electron chi connectivity index (χ2n) is 5.61. The van der Waals surface area contributed by atoms with E-state index in [4.69, 9.17) is 14.2 Å². The van der Waals surface area contributed by atoms with Crippen LogP contribution in [-0.2, 0) is 28.6 Å². The fourth-order valence-corrected chi connectivity index (χ4v) is 2.44. The van der Waals surface area contributed by atoms with Crippen molar-refractivity contribution in [1.82, 2.24) is 4.90 Å².